The average molecular weight is 348 g/mol. The number of halogens is 1. The second-order valence-corrected chi connectivity index (χ2v) is 6.56. The molecule has 6 heteroatoms. The molecule has 0 saturated carbocycles. The van der Waals surface area contributed by atoms with Crippen molar-refractivity contribution in [2.75, 3.05) is 19.0 Å². The van der Waals surface area contributed by atoms with Crippen LogP contribution >= 0.6 is 27.7 Å². The summed E-state index contributed by atoms with van der Waals surface area (Å²) in [7, 11) is 0. The van der Waals surface area contributed by atoms with E-state index in [0.717, 1.165) is 14.9 Å². The van der Waals surface area contributed by atoms with Crippen LogP contribution in [0.5, 0.6) is 0 Å². The highest BCUT2D eigenvalue weighted by Crippen LogP contribution is 2.25. The molecule has 1 rings (SSSR count). The minimum Gasteiger partial charge on any atom is -0.394 e. The summed E-state index contributed by atoms with van der Waals surface area (Å²) >= 11 is 4.82. The number of aliphatic hydroxyl groups is 2. The second-order valence-electron chi connectivity index (χ2n) is 4.62. The van der Waals surface area contributed by atoms with E-state index in [1.54, 1.807) is 6.92 Å². The SMILES string of the molecule is Cc1cc(Br)ccc1SCC(=O)NC(C)(CO)CO. The summed E-state index contributed by atoms with van der Waals surface area (Å²) in [4.78, 5) is 12.8. The third-order valence-corrected chi connectivity index (χ3v) is 4.30. The minimum atomic E-state index is -0.966. The first kappa shape index (κ1) is 16.5. The van der Waals surface area contributed by atoms with E-state index in [1.165, 1.54) is 11.8 Å². The van der Waals surface area contributed by atoms with Crippen LogP contribution in [0.4, 0.5) is 0 Å². The fraction of sp³-hybridized carbons (Fsp3) is 0.462. The van der Waals surface area contributed by atoms with Gasteiger partial charge in [0.05, 0.1) is 24.5 Å². The topological polar surface area (TPSA) is 69.6 Å². The number of nitrogens with one attached hydrogen (secondary N) is 1. The van der Waals surface area contributed by atoms with Gasteiger partial charge in [0.15, 0.2) is 0 Å². The molecule has 0 unspecified atom stereocenters. The monoisotopic (exact) mass is 347 g/mol. The highest BCUT2D eigenvalue weighted by Gasteiger charge is 2.24. The number of aliphatic hydroxyl groups excluding tert-OH is 2. The molecule has 3 N–H and O–H groups in total. The van der Waals surface area contributed by atoms with Gasteiger partial charge in [0.25, 0.3) is 0 Å². The van der Waals surface area contributed by atoms with E-state index in [0.29, 0.717) is 0 Å². The molecular formula is C13H18BrNO3S. The summed E-state index contributed by atoms with van der Waals surface area (Å²) in [6, 6.07) is 5.87. The van der Waals surface area contributed by atoms with E-state index in [4.69, 9.17) is 10.2 Å². The lowest BCUT2D eigenvalue weighted by Gasteiger charge is -2.26. The number of rotatable bonds is 6. The molecule has 0 spiro atoms. The van der Waals surface area contributed by atoms with Crippen LogP contribution in [0.15, 0.2) is 27.6 Å². The fourth-order valence-corrected chi connectivity index (χ4v) is 2.70. The summed E-state index contributed by atoms with van der Waals surface area (Å²) < 4.78 is 1.01. The highest BCUT2D eigenvalue weighted by atomic mass is 79.9. The van der Waals surface area contributed by atoms with E-state index in [-0.39, 0.29) is 24.9 Å². The number of carbonyl (C=O) groups excluding carboxylic acids is 1. The lowest BCUT2D eigenvalue weighted by Crippen LogP contribution is -2.52. The molecule has 0 aliphatic rings. The Bertz CT molecular complexity index is 450. The Morgan fingerprint density at radius 2 is 2.05 bits per heavy atom. The average Bonchev–Trinajstić information content (AvgIpc) is 2.37. The molecule has 1 aromatic carbocycles. The fourth-order valence-electron chi connectivity index (χ4n) is 1.42. The molecule has 106 valence electrons. The van der Waals surface area contributed by atoms with Crippen LogP contribution in [0.2, 0.25) is 0 Å². The van der Waals surface area contributed by atoms with Crippen LogP contribution < -0.4 is 5.32 Å². The zero-order chi connectivity index (χ0) is 14.5. The molecule has 0 aliphatic carbocycles. The number of benzene rings is 1. The summed E-state index contributed by atoms with van der Waals surface area (Å²) in [6.07, 6.45) is 0. The zero-order valence-electron chi connectivity index (χ0n) is 10.9. The molecule has 0 heterocycles. The van der Waals surface area contributed by atoms with Gasteiger partial charge in [-0.3, -0.25) is 4.79 Å². The Balaban J connectivity index is 2.55. The molecule has 0 aliphatic heterocycles. The zero-order valence-corrected chi connectivity index (χ0v) is 13.3. The standard InChI is InChI=1S/C13H18BrNO3S/c1-9-5-10(14)3-4-11(9)19-6-12(18)15-13(2,7-16)8-17/h3-5,16-17H,6-8H2,1-2H3,(H,15,18). The molecule has 0 fully saturated rings. The van der Waals surface area contributed by atoms with Crippen LogP contribution in [0, 0.1) is 6.92 Å². The smallest absolute Gasteiger partial charge is 0.230 e. The number of aryl methyl sites for hydroxylation is 1. The van der Waals surface area contributed by atoms with Crippen molar-refractivity contribution in [1.29, 1.82) is 0 Å². The Hall–Kier alpha value is -0.560. The first-order valence-electron chi connectivity index (χ1n) is 5.82. The lowest BCUT2D eigenvalue weighted by molar-refractivity contribution is -0.121. The molecule has 0 saturated heterocycles. The van der Waals surface area contributed by atoms with Gasteiger partial charge in [0.1, 0.15) is 0 Å². The molecule has 4 nitrogen and oxygen atoms in total. The molecule has 1 aromatic rings. The van der Waals surface area contributed by atoms with Crippen molar-refractivity contribution < 1.29 is 15.0 Å². The van der Waals surface area contributed by atoms with Gasteiger partial charge in [-0.15, -0.1) is 11.8 Å². The third-order valence-electron chi connectivity index (χ3n) is 2.63. The molecule has 0 atom stereocenters. The van der Waals surface area contributed by atoms with Gasteiger partial charge in [-0.05, 0) is 37.6 Å². The predicted octanol–water partition coefficient (Wildman–Crippen LogP) is 1.71. The molecule has 0 bridgehead atoms. The van der Waals surface area contributed by atoms with Gasteiger partial charge >= 0.3 is 0 Å². The van der Waals surface area contributed by atoms with Gasteiger partial charge in [-0.2, -0.15) is 0 Å². The maximum absolute atomic E-state index is 11.8. The summed E-state index contributed by atoms with van der Waals surface area (Å²) in [5.74, 6) is 0.0378. The first-order chi connectivity index (χ1) is 8.90. The normalized spacial score (nSPS) is 11.4. The van der Waals surface area contributed by atoms with Gasteiger partial charge in [0, 0.05) is 9.37 Å². The maximum Gasteiger partial charge on any atom is 0.230 e. The lowest BCUT2D eigenvalue weighted by atomic mass is 10.1. The van der Waals surface area contributed by atoms with Crippen molar-refractivity contribution in [2.45, 2.75) is 24.3 Å². The quantitative estimate of drug-likeness (QED) is 0.685. The molecule has 19 heavy (non-hydrogen) atoms. The number of hydrogen-bond acceptors (Lipinski definition) is 4. The minimum absolute atomic E-state index is 0.210. The van der Waals surface area contributed by atoms with Gasteiger partial charge in [-0.25, -0.2) is 0 Å². The van der Waals surface area contributed by atoms with Crippen LogP contribution in [0.3, 0.4) is 0 Å². The van der Waals surface area contributed by atoms with Crippen LogP contribution in [-0.2, 0) is 4.79 Å². The van der Waals surface area contributed by atoms with E-state index < -0.39 is 5.54 Å². The molecule has 0 radical (unpaired) electrons. The van der Waals surface area contributed by atoms with Crippen LogP contribution in [-0.4, -0.2) is 40.6 Å². The number of hydrogen-bond donors (Lipinski definition) is 3. The van der Waals surface area contributed by atoms with Crippen molar-refractivity contribution in [3.63, 3.8) is 0 Å². The Labute approximate surface area is 125 Å². The Morgan fingerprint density at radius 1 is 1.42 bits per heavy atom. The highest BCUT2D eigenvalue weighted by molar-refractivity contribution is 9.10. The first-order valence-corrected chi connectivity index (χ1v) is 7.60. The number of thioether (sulfide) groups is 1. The van der Waals surface area contributed by atoms with Crippen molar-refractivity contribution in [1.82, 2.24) is 5.32 Å². The third kappa shape index (κ3) is 5.14. The Morgan fingerprint density at radius 3 is 2.58 bits per heavy atom. The van der Waals surface area contributed by atoms with Crippen molar-refractivity contribution in [2.24, 2.45) is 0 Å². The van der Waals surface area contributed by atoms with Crippen molar-refractivity contribution in [3.05, 3.63) is 28.2 Å². The maximum atomic E-state index is 11.8. The largest absolute Gasteiger partial charge is 0.394 e. The summed E-state index contributed by atoms with van der Waals surface area (Å²) in [5.41, 5.74) is 0.131. The van der Waals surface area contributed by atoms with Crippen LogP contribution in [0.25, 0.3) is 0 Å². The second kappa shape index (κ2) is 7.28. The van der Waals surface area contributed by atoms with E-state index >= 15 is 0 Å². The molecule has 0 aromatic heterocycles. The van der Waals surface area contributed by atoms with Gasteiger partial charge < -0.3 is 15.5 Å². The van der Waals surface area contributed by atoms with Crippen LogP contribution in [0.1, 0.15) is 12.5 Å². The summed E-state index contributed by atoms with van der Waals surface area (Å²) in [6.45, 7) is 2.99. The predicted molar refractivity (Wildman–Crippen MR) is 80.3 cm³/mol. The Kier molecular flexibility index (Phi) is 6.32. The van der Waals surface area contributed by atoms with Gasteiger partial charge in [0.2, 0.25) is 5.91 Å². The van der Waals surface area contributed by atoms with Crippen molar-refractivity contribution >= 4 is 33.6 Å². The molecular weight excluding hydrogens is 330 g/mol. The van der Waals surface area contributed by atoms with Gasteiger partial charge in [-0.1, -0.05) is 15.9 Å². The van der Waals surface area contributed by atoms with Crippen molar-refractivity contribution in [3.8, 4) is 0 Å². The number of carbonyl (C=O) groups is 1. The van der Waals surface area contributed by atoms with E-state index in [1.807, 2.05) is 25.1 Å². The summed E-state index contributed by atoms with van der Waals surface area (Å²) in [5, 5.41) is 20.8. The number of amides is 1. The molecule has 1 amide bonds. The van der Waals surface area contributed by atoms with E-state index in [2.05, 4.69) is 21.2 Å². The van der Waals surface area contributed by atoms with E-state index in [9.17, 15) is 4.79 Å².